The first-order chi connectivity index (χ1) is 8.24. The quantitative estimate of drug-likeness (QED) is 0.594. The molecule has 0 nitrogen and oxygen atoms in total. The van der Waals surface area contributed by atoms with Gasteiger partial charge in [0.05, 0.1) is 0 Å². The average molecular weight is 230 g/mol. The van der Waals surface area contributed by atoms with E-state index in [9.17, 15) is 0 Å². The van der Waals surface area contributed by atoms with Gasteiger partial charge in [0.1, 0.15) is 0 Å². The Morgan fingerprint density at radius 3 is 2.35 bits per heavy atom. The highest BCUT2D eigenvalue weighted by Crippen LogP contribution is 2.41. The molecule has 17 heavy (non-hydrogen) atoms. The molecule has 0 unspecified atom stereocenters. The minimum Gasteiger partial charge on any atom is -0.0953 e. The minimum atomic E-state index is 0.788. The molecule has 94 valence electrons. The maximum atomic E-state index is 4.44. The van der Waals surface area contributed by atoms with Crippen molar-refractivity contribution in [1.29, 1.82) is 0 Å². The van der Waals surface area contributed by atoms with Crippen LogP contribution in [0.5, 0.6) is 0 Å². The molecule has 2 aliphatic rings. The van der Waals surface area contributed by atoms with Crippen LogP contribution in [-0.2, 0) is 0 Å². The van der Waals surface area contributed by atoms with Crippen LogP contribution in [0.2, 0.25) is 0 Å². The Kier molecular flexibility index (Phi) is 4.25. The molecule has 1 fully saturated rings. The van der Waals surface area contributed by atoms with Crippen LogP contribution in [0.3, 0.4) is 0 Å². The molecule has 2 aliphatic carbocycles. The third kappa shape index (κ3) is 2.73. The van der Waals surface area contributed by atoms with Gasteiger partial charge in [0, 0.05) is 0 Å². The van der Waals surface area contributed by atoms with Crippen molar-refractivity contribution in [2.75, 3.05) is 0 Å². The number of hydrogen-bond donors (Lipinski definition) is 0. The SMILES string of the molecule is C=C(C1=C(/C(C)=C/C)CCC1)C1CCCCC1. The highest BCUT2D eigenvalue weighted by atomic mass is 14.3. The summed E-state index contributed by atoms with van der Waals surface area (Å²) in [7, 11) is 0. The third-order valence-electron chi connectivity index (χ3n) is 4.61. The predicted molar refractivity (Wildman–Crippen MR) is 76.0 cm³/mol. The van der Waals surface area contributed by atoms with E-state index < -0.39 is 0 Å². The molecule has 0 saturated heterocycles. The molecule has 0 heteroatoms. The molecular formula is C17H26. The zero-order valence-corrected chi connectivity index (χ0v) is 11.5. The highest BCUT2D eigenvalue weighted by molar-refractivity contribution is 5.46. The summed E-state index contributed by atoms with van der Waals surface area (Å²) in [5.41, 5.74) is 6.20. The zero-order valence-electron chi connectivity index (χ0n) is 11.5. The van der Waals surface area contributed by atoms with Crippen LogP contribution in [0.15, 0.2) is 34.9 Å². The van der Waals surface area contributed by atoms with Crippen LogP contribution in [0, 0.1) is 5.92 Å². The van der Waals surface area contributed by atoms with E-state index in [1.807, 2.05) is 0 Å². The summed E-state index contributed by atoms with van der Waals surface area (Å²) in [6.45, 7) is 8.86. The van der Waals surface area contributed by atoms with Crippen molar-refractivity contribution >= 4 is 0 Å². The lowest BCUT2D eigenvalue weighted by Gasteiger charge is -2.25. The van der Waals surface area contributed by atoms with E-state index in [0.717, 1.165) is 5.92 Å². The van der Waals surface area contributed by atoms with Crippen molar-refractivity contribution in [3.63, 3.8) is 0 Å². The Bertz CT molecular complexity index is 348. The Balaban J connectivity index is 2.16. The molecule has 0 radical (unpaired) electrons. The van der Waals surface area contributed by atoms with Gasteiger partial charge < -0.3 is 0 Å². The minimum absolute atomic E-state index is 0.788. The number of allylic oxidation sites excluding steroid dienone is 5. The predicted octanol–water partition coefficient (Wildman–Crippen LogP) is 5.57. The fourth-order valence-corrected chi connectivity index (χ4v) is 3.40. The Morgan fingerprint density at radius 1 is 1.06 bits per heavy atom. The topological polar surface area (TPSA) is 0 Å². The molecule has 0 aromatic rings. The lowest BCUT2D eigenvalue weighted by atomic mass is 9.80. The van der Waals surface area contributed by atoms with Crippen LogP contribution in [-0.4, -0.2) is 0 Å². The van der Waals surface area contributed by atoms with Crippen molar-refractivity contribution in [3.05, 3.63) is 34.9 Å². The van der Waals surface area contributed by atoms with Gasteiger partial charge in [-0.25, -0.2) is 0 Å². The summed E-state index contributed by atoms with van der Waals surface area (Å²) in [4.78, 5) is 0. The first-order valence-electron chi connectivity index (χ1n) is 7.28. The summed E-state index contributed by atoms with van der Waals surface area (Å²) in [6, 6.07) is 0. The summed E-state index contributed by atoms with van der Waals surface area (Å²) < 4.78 is 0. The van der Waals surface area contributed by atoms with Crippen LogP contribution >= 0.6 is 0 Å². The van der Waals surface area contributed by atoms with E-state index in [1.165, 1.54) is 62.5 Å². The van der Waals surface area contributed by atoms with Gasteiger partial charge in [-0.1, -0.05) is 37.5 Å². The second-order valence-electron chi connectivity index (χ2n) is 5.64. The fraction of sp³-hybridized carbons (Fsp3) is 0.647. The molecule has 0 aromatic heterocycles. The zero-order chi connectivity index (χ0) is 12.3. The largest absolute Gasteiger partial charge is 0.0953 e. The van der Waals surface area contributed by atoms with Crippen LogP contribution in [0.1, 0.15) is 65.2 Å². The molecule has 0 aromatic carbocycles. The maximum Gasteiger partial charge on any atom is -0.0165 e. The van der Waals surface area contributed by atoms with Gasteiger partial charge in [-0.05, 0) is 68.6 Å². The van der Waals surface area contributed by atoms with Crippen LogP contribution in [0.4, 0.5) is 0 Å². The maximum absolute atomic E-state index is 4.44. The first kappa shape index (κ1) is 12.7. The van der Waals surface area contributed by atoms with E-state index >= 15 is 0 Å². The smallest absolute Gasteiger partial charge is 0.0165 e. The standard InChI is InChI=1S/C17H26/c1-4-13(2)16-11-8-12-17(16)14(3)15-9-6-5-7-10-15/h4,15H,3,5-12H2,1-2H3/b13-4+. The molecule has 0 bridgehead atoms. The monoisotopic (exact) mass is 230 g/mol. The van der Waals surface area contributed by atoms with E-state index in [4.69, 9.17) is 0 Å². The van der Waals surface area contributed by atoms with Crippen molar-refractivity contribution in [2.24, 2.45) is 5.92 Å². The number of rotatable bonds is 3. The van der Waals surface area contributed by atoms with Crippen molar-refractivity contribution in [1.82, 2.24) is 0 Å². The van der Waals surface area contributed by atoms with E-state index in [1.54, 1.807) is 11.1 Å². The fourth-order valence-electron chi connectivity index (χ4n) is 3.40. The van der Waals surface area contributed by atoms with Gasteiger partial charge in [0.15, 0.2) is 0 Å². The molecule has 0 N–H and O–H groups in total. The van der Waals surface area contributed by atoms with Crippen molar-refractivity contribution in [2.45, 2.75) is 65.2 Å². The summed E-state index contributed by atoms with van der Waals surface area (Å²) in [6.07, 6.45) is 13.2. The molecule has 2 rings (SSSR count). The normalized spacial score (nSPS) is 23.3. The van der Waals surface area contributed by atoms with Gasteiger partial charge in [0.2, 0.25) is 0 Å². The molecule has 0 spiro atoms. The molecule has 0 amide bonds. The average Bonchev–Trinajstić information content (AvgIpc) is 2.87. The van der Waals surface area contributed by atoms with E-state index in [2.05, 4.69) is 26.5 Å². The third-order valence-corrected chi connectivity index (χ3v) is 4.61. The molecule has 0 atom stereocenters. The summed E-state index contributed by atoms with van der Waals surface area (Å²) in [5.74, 6) is 0.788. The van der Waals surface area contributed by atoms with Gasteiger partial charge in [-0.3, -0.25) is 0 Å². The molecule has 0 aliphatic heterocycles. The van der Waals surface area contributed by atoms with Crippen LogP contribution in [0.25, 0.3) is 0 Å². The van der Waals surface area contributed by atoms with Crippen LogP contribution < -0.4 is 0 Å². The Hall–Kier alpha value is -0.780. The number of hydrogen-bond acceptors (Lipinski definition) is 0. The second-order valence-corrected chi connectivity index (χ2v) is 5.64. The van der Waals surface area contributed by atoms with Crippen molar-refractivity contribution in [3.8, 4) is 0 Å². The van der Waals surface area contributed by atoms with Gasteiger partial charge in [-0.2, -0.15) is 0 Å². The van der Waals surface area contributed by atoms with Gasteiger partial charge in [-0.15, -0.1) is 0 Å². The molecular weight excluding hydrogens is 204 g/mol. The highest BCUT2D eigenvalue weighted by Gasteiger charge is 2.24. The molecule has 1 saturated carbocycles. The summed E-state index contributed by atoms with van der Waals surface area (Å²) in [5, 5.41) is 0. The van der Waals surface area contributed by atoms with Gasteiger partial charge >= 0.3 is 0 Å². The lowest BCUT2D eigenvalue weighted by molar-refractivity contribution is 0.405. The first-order valence-corrected chi connectivity index (χ1v) is 7.28. The summed E-state index contributed by atoms with van der Waals surface area (Å²) >= 11 is 0. The van der Waals surface area contributed by atoms with Crippen molar-refractivity contribution < 1.29 is 0 Å². The van der Waals surface area contributed by atoms with E-state index in [0.29, 0.717) is 0 Å². The Morgan fingerprint density at radius 2 is 1.71 bits per heavy atom. The Labute approximate surface area is 106 Å². The second kappa shape index (κ2) is 5.71. The lowest BCUT2D eigenvalue weighted by Crippen LogP contribution is -2.10. The molecule has 0 heterocycles. The van der Waals surface area contributed by atoms with Gasteiger partial charge in [0.25, 0.3) is 0 Å². The van der Waals surface area contributed by atoms with E-state index in [-0.39, 0.29) is 0 Å².